The number of nitrogens with two attached hydrogens (primary N) is 1. The normalized spacial score (nSPS) is 20.4. The summed E-state index contributed by atoms with van der Waals surface area (Å²) in [5.74, 6) is 0.0164. The van der Waals surface area contributed by atoms with Gasteiger partial charge in [0.1, 0.15) is 0 Å². The zero-order valence-corrected chi connectivity index (χ0v) is 10.9. The van der Waals surface area contributed by atoms with Crippen molar-refractivity contribution in [2.75, 3.05) is 25.1 Å². The molecular formula is C12H16ClN3O2. The largest absolute Gasteiger partial charge is 0.409 e. The Morgan fingerprint density at radius 1 is 1.61 bits per heavy atom. The van der Waals surface area contributed by atoms with E-state index in [1.165, 1.54) is 0 Å². The predicted octanol–water partition coefficient (Wildman–Crippen LogP) is 1.66. The van der Waals surface area contributed by atoms with Crippen LogP contribution >= 0.6 is 11.6 Å². The minimum absolute atomic E-state index is 0.0164. The highest BCUT2D eigenvalue weighted by Crippen LogP contribution is 2.26. The van der Waals surface area contributed by atoms with Crippen molar-refractivity contribution in [2.24, 2.45) is 10.9 Å². The highest BCUT2D eigenvalue weighted by molar-refractivity contribution is 6.34. The fraction of sp³-hybridized carbons (Fsp3) is 0.417. The lowest BCUT2D eigenvalue weighted by atomic mass is 10.2. The Labute approximate surface area is 111 Å². The third-order valence-corrected chi connectivity index (χ3v) is 3.49. The molecule has 5 nitrogen and oxygen atoms in total. The van der Waals surface area contributed by atoms with Crippen LogP contribution in [0, 0.1) is 0 Å². The fourth-order valence-electron chi connectivity index (χ4n) is 2.12. The van der Waals surface area contributed by atoms with Crippen LogP contribution in [0.25, 0.3) is 0 Å². The predicted molar refractivity (Wildman–Crippen MR) is 71.6 cm³/mol. The first kappa shape index (κ1) is 13.0. The number of oxime groups is 1. The molecule has 1 aromatic carbocycles. The highest BCUT2D eigenvalue weighted by atomic mass is 35.5. The van der Waals surface area contributed by atoms with Crippen molar-refractivity contribution in [3.05, 3.63) is 28.8 Å². The highest BCUT2D eigenvalue weighted by Gasteiger charge is 2.22. The summed E-state index contributed by atoms with van der Waals surface area (Å²) >= 11 is 6.12. The number of hydrogen-bond acceptors (Lipinski definition) is 4. The standard InChI is InChI=1S/C12H16ClN3O2/c1-18-9-4-5-16(7-9)8-2-3-10(11(13)6-8)12(14)15-17/h2-3,6,9,17H,4-5,7H2,1H3,(H2,14,15). The molecule has 1 aromatic rings. The van der Waals surface area contributed by atoms with Gasteiger partial charge in [-0.3, -0.25) is 0 Å². The molecular weight excluding hydrogens is 254 g/mol. The average molecular weight is 270 g/mol. The third kappa shape index (κ3) is 2.52. The van der Waals surface area contributed by atoms with Crippen molar-refractivity contribution in [3.8, 4) is 0 Å². The maximum Gasteiger partial charge on any atom is 0.171 e. The van der Waals surface area contributed by atoms with Crippen molar-refractivity contribution in [2.45, 2.75) is 12.5 Å². The van der Waals surface area contributed by atoms with Crippen molar-refractivity contribution >= 4 is 23.1 Å². The van der Waals surface area contributed by atoms with E-state index in [4.69, 9.17) is 27.3 Å². The third-order valence-electron chi connectivity index (χ3n) is 3.18. The molecule has 98 valence electrons. The smallest absolute Gasteiger partial charge is 0.171 e. The summed E-state index contributed by atoms with van der Waals surface area (Å²) in [7, 11) is 1.72. The van der Waals surface area contributed by atoms with Crippen molar-refractivity contribution in [1.82, 2.24) is 0 Å². The number of anilines is 1. The Hall–Kier alpha value is -1.46. The molecule has 1 aliphatic rings. The van der Waals surface area contributed by atoms with Gasteiger partial charge in [-0.1, -0.05) is 16.8 Å². The molecule has 0 bridgehead atoms. The molecule has 1 unspecified atom stereocenters. The van der Waals surface area contributed by atoms with Crippen LogP contribution in [0.5, 0.6) is 0 Å². The first-order valence-electron chi connectivity index (χ1n) is 5.71. The number of ether oxygens (including phenoxy) is 1. The van der Waals surface area contributed by atoms with E-state index < -0.39 is 0 Å². The van der Waals surface area contributed by atoms with Crippen LogP contribution < -0.4 is 10.6 Å². The Bertz CT molecular complexity index is 465. The molecule has 0 saturated carbocycles. The summed E-state index contributed by atoms with van der Waals surface area (Å²) in [5.41, 5.74) is 7.08. The Morgan fingerprint density at radius 3 is 2.94 bits per heavy atom. The van der Waals surface area contributed by atoms with E-state index in [1.807, 2.05) is 12.1 Å². The lowest BCUT2D eigenvalue weighted by molar-refractivity contribution is 0.121. The molecule has 1 atom stereocenters. The van der Waals surface area contributed by atoms with E-state index in [2.05, 4.69) is 10.1 Å². The van der Waals surface area contributed by atoms with Gasteiger partial charge < -0.3 is 20.6 Å². The molecule has 18 heavy (non-hydrogen) atoms. The number of halogens is 1. The first-order valence-corrected chi connectivity index (χ1v) is 6.08. The molecule has 0 amide bonds. The topological polar surface area (TPSA) is 71.1 Å². The minimum Gasteiger partial charge on any atom is -0.409 e. The molecule has 0 spiro atoms. The quantitative estimate of drug-likeness (QED) is 0.379. The number of rotatable bonds is 3. The minimum atomic E-state index is 0.0164. The van der Waals surface area contributed by atoms with Gasteiger partial charge in [-0.05, 0) is 24.6 Å². The fourth-order valence-corrected chi connectivity index (χ4v) is 2.39. The number of nitrogens with zero attached hydrogens (tertiary/aromatic N) is 2. The average Bonchev–Trinajstić information content (AvgIpc) is 2.86. The number of hydrogen-bond donors (Lipinski definition) is 2. The van der Waals surface area contributed by atoms with Crippen LogP contribution in [0.15, 0.2) is 23.4 Å². The summed E-state index contributed by atoms with van der Waals surface area (Å²) in [4.78, 5) is 2.20. The second-order valence-electron chi connectivity index (χ2n) is 4.24. The monoisotopic (exact) mass is 269 g/mol. The summed E-state index contributed by atoms with van der Waals surface area (Å²) in [6.07, 6.45) is 1.28. The molecule has 0 aromatic heterocycles. The number of methoxy groups -OCH3 is 1. The van der Waals surface area contributed by atoms with Gasteiger partial charge in [0.2, 0.25) is 0 Å². The lowest BCUT2D eigenvalue weighted by Crippen LogP contribution is -2.22. The molecule has 6 heteroatoms. The maximum atomic E-state index is 8.64. The van der Waals surface area contributed by atoms with Gasteiger partial charge in [0, 0.05) is 31.5 Å². The van der Waals surface area contributed by atoms with Crippen LogP contribution in [0.4, 0.5) is 5.69 Å². The number of amidine groups is 1. The molecule has 3 N–H and O–H groups in total. The van der Waals surface area contributed by atoms with Gasteiger partial charge in [-0.15, -0.1) is 0 Å². The van der Waals surface area contributed by atoms with Crippen molar-refractivity contribution in [3.63, 3.8) is 0 Å². The van der Waals surface area contributed by atoms with E-state index in [1.54, 1.807) is 13.2 Å². The van der Waals surface area contributed by atoms with Gasteiger partial charge in [0.15, 0.2) is 5.84 Å². The SMILES string of the molecule is COC1CCN(c2ccc(/C(N)=N/O)c(Cl)c2)C1. The number of benzene rings is 1. The van der Waals surface area contributed by atoms with Crippen LogP contribution in [-0.4, -0.2) is 37.3 Å². The van der Waals surface area contributed by atoms with E-state index in [0.29, 0.717) is 10.6 Å². The molecule has 1 fully saturated rings. The Kier molecular flexibility index (Phi) is 3.93. The molecule has 1 aliphatic heterocycles. The first-order chi connectivity index (χ1) is 8.65. The van der Waals surface area contributed by atoms with E-state index >= 15 is 0 Å². The van der Waals surface area contributed by atoms with Crippen LogP contribution in [0.1, 0.15) is 12.0 Å². The molecule has 0 radical (unpaired) electrons. The van der Waals surface area contributed by atoms with E-state index in [0.717, 1.165) is 25.2 Å². The van der Waals surface area contributed by atoms with Crippen LogP contribution in [-0.2, 0) is 4.74 Å². The van der Waals surface area contributed by atoms with Gasteiger partial charge in [0.05, 0.1) is 11.1 Å². The zero-order chi connectivity index (χ0) is 13.1. The second kappa shape index (κ2) is 5.46. The molecule has 0 aliphatic carbocycles. The van der Waals surface area contributed by atoms with Crippen molar-refractivity contribution < 1.29 is 9.94 Å². The van der Waals surface area contributed by atoms with Crippen LogP contribution in [0.3, 0.4) is 0 Å². The Morgan fingerprint density at radius 2 is 2.39 bits per heavy atom. The van der Waals surface area contributed by atoms with Crippen molar-refractivity contribution in [1.29, 1.82) is 0 Å². The Balaban J connectivity index is 2.19. The maximum absolute atomic E-state index is 8.64. The summed E-state index contributed by atoms with van der Waals surface area (Å²) in [6, 6.07) is 5.50. The van der Waals surface area contributed by atoms with Gasteiger partial charge in [-0.25, -0.2) is 0 Å². The van der Waals surface area contributed by atoms with E-state index in [-0.39, 0.29) is 11.9 Å². The van der Waals surface area contributed by atoms with Gasteiger partial charge in [-0.2, -0.15) is 0 Å². The summed E-state index contributed by atoms with van der Waals surface area (Å²) in [5, 5.41) is 12.1. The van der Waals surface area contributed by atoms with E-state index in [9.17, 15) is 0 Å². The summed E-state index contributed by atoms with van der Waals surface area (Å²) in [6.45, 7) is 1.80. The van der Waals surface area contributed by atoms with Gasteiger partial charge in [0.25, 0.3) is 0 Å². The lowest BCUT2D eigenvalue weighted by Gasteiger charge is -2.19. The zero-order valence-electron chi connectivity index (χ0n) is 10.1. The van der Waals surface area contributed by atoms with Crippen LogP contribution in [0.2, 0.25) is 5.02 Å². The molecule has 1 heterocycles. The molecule has 1 saturated heterocycles. The molecule has 2 rings (SSSR count). The summed E-state index contributed by atoms with van der Waals surface area (Å²) < 4.78 is 5.33. The second-order valence-corrected chi connectivity index (χ2v) is 4.65. The van der Waals surface area contributed by atoms with Gasteiger partial charge >= 0.3 is 0 Å².